The fourth-order valence-corrected chi connectivity index (χ4v) is 2.93. The molecule has 0 unspecified atom stereocenters. The van der Waals surface area contributed by atoms with Gasteiger partial charge in [-0.2, -0.15) is 0 Å². The quantitative estimate of drug-likeness (QED) is 0.756. The molecule has 134 valence electrons. The number of amides is 1. The van der Waals surface area contributed by atoms with E-state index >= 15 is 0 Å². The van der Waals surface area contributed by atoms with Crippen molar-refractivity contribution >= 4 is 17.6 Å². The minimum absolute atomic E-state index is 0.202. The molecule has 26 heavy (non-hydrogen) atoms. The van der Waals surface area contributed by atoms with E-state index in [4.69, 9.17) is 9.26 Å². The number of aromatic nitrogens is 3. The molecule has 1 fully saturated rings. The van der Waals surface area contributed by atoms with Crippen LogP contribution in [0.3, 0.4) is 0 Å². The Kier molecular flexibility index (Phi) is 4.04. The Bertz CT molecular complexity index is 924. The monoisotopic (exact) mass is 357 g/mol. The number of anilines is 2. The number of cyclic esters (lactones) is 1. The van der Waals surface area contributed by atoms with Crippen LogP contribution in [0.4, 0.5) is 20.7 Å². The SMILES string of the molecule is Cc1nccn1-c1ccc(N2C(=O)OC[C@@H]2CNc2ccon2)cc1F. The zero-order valence-electron chi connectivity index (χ0n) is 13.9. The largest absolute Gasteiger partial charge is 0.447 e. The zero-order chi connectivity index (χ0) is 18.1. The highest BCUT2D eigenvalue weighted by Crippen LogP contribution is 2.27. The van der Waals surface area contributed by atoms with E-state index in [0.29, 0.717) is 29.6 Å². The van der Waals surface area contributed by atoms with Gasteiger partial charge in [0.2, 0.25) is 0 Å². The third-order valence-electron chi connectivity index (χ3n) is 4.21. The number of carbonyl (C=O) groups excluding carboxylic acids is 1. The summed E-state index contributed by atoms with van der Waals surface area (Å²) < 4.78 is 26.2. The highest BCUT2D eigenvalue weighted by atomic mass is 19.1. The predicted molar refractivity (Wildman–Crippen MR) is 90.9 cm³/mol. The lowest BCUT2D eigenvalue weighted by Crippen LogP contribution is -2.38. The van der Waals surface area contributed by atoms with Crippen molar-refractivity contribution in [3.63, 3.8) is 0 Å². The molecule has 3 heterocycles. The topological polar surface area (TPSA) is 85.4 Å². The van der Waals surface area contributed by atoms with Crippen LogP contribution in [0.15, 0.2) is 47.4 Å². The van der Waals surface area contributed by atoms with E-state index in [1.807, 2.05) is 0 Å². The average molecular weight is 357 g/mol. The zero-order valence-corrected chi connectivity index (χ0v) is 13.9. The van der Waals surface area contributed by atoms with Gasteiger partial charge >= 0.3 is 6.09 Å². The Morgan fingerprint density at radius 1 is 1.38 bits per heavy atom. The molecule has 0 spiro atoms. The van der Waals surface area contributed by atoms with Crippen LogP contribution in [0.25, 0.3) is 5.69 Å². The van der Waals surface area contributed by atoms with Gasteiger partial charge in [0, 0.05) is 25.0 Å². The molecule has 0 bridgehead atoms. The average Bonchev–Trinajstić information content (AvgIpc) is 3.35. The molecule has 3 aromatic rings. The van der Waals surface area contributed by atoms with E-state index in [-0.39, 0.29) is 12.6 Å². The maximum atomic E-state index is 14.6. The number of ether oxygens (including phenoxy) is 1. The van der Waals surface area contributed by atoms with Gasteiger partial charge in [-0.1, -0.05) is 5.16 Å². The lowest BCUT2D eigenvalue weighted by atomic mass is 10.2. The number of nitrogens with zero attached hydrogens (tertiary/aromatic N) is 4. The van der Waals surface area contributed by atoms with Crippen molar-refractivity contribution < 1.29 is 18.4 Å². The van der Waals surface area contributed by atoms with E-state index in [9.17, 15) is 9.18 Å². The molecule has 1 N–H and O–H groups in total. The molecule has 4 rings (SSSR count). The smallest absolute Gasteiger partial charge is 0.414 e. The van der Waals surface area contributed by atoms with Crippen LogP contribution in [-0.4, -0.2) is 40.0 Å². The molecule has 1 aliphatic rings. The Morgan fingerprint density at radius 2 is 2.27 bits per heavy atom. The minimum atomic E-state index is -0.511. The van der Waals surface area contributed by atoms with Crippen molar-refractivity contribution in [3.8, 4) is 5.69 Å². The molecule has 2 aromatic heterocycles. The number of imidazole rings is 1. The van der Waals surface area contributed by atoms with E-state index in [1.54, 1.807) is 42.1 Å². The highest BCUT2D eigenvalue weighted by Gasteiger charge is 2.34. The fourth-order valence-electron chi connectivity index (χ4n) is 2.93. The van der Waals surface area contributed by atoms with Gasteiger partial charge in [-0.15, -0.1) is 0 Å². The third-order valence-corrected chi connectivity index (χ3v) is 4.21. The lowest BCUT2D eigenvalue weighted by Gasteiger charge is -2.22. The van der Waals surface area contributed by atoms with Gasteiger partial charge in [0.15, 0.2) is 5.82 Å². The molecule has 0 aliphatic carbocycles. The van der Waals surface area contributed by atoms with E-state index in [1.165, 1.54) is 17.2 Å². The summed E-state index contributed by atoms with van der Waals surface area (Å²) >= 11 is 0. The second-order valence-electron chi connectivity index (χ2n) is 5.85. The molecule has 8 nitrogen and oxygen atoms in total. The number of aryl methyl sites for hydroxylation is 1. The van der Waals surface area contributed by atoms with E-state index in [0.717, 1.165) is 0 Å². The summed E-state index contributed by atoms with van der Waals surface area (Å²) in [5.41, 5.74) is 0.798. The molecule has 1 aliphatic heterocycles. The number of carbonyl (C=O) groups is 1. The maximum Gasteiger partial charge on any atom is 0.414 e. The van der Waals surface area contributed by atoms with Gasteiger partial charge in [-0.05, 0) is 25.1 Å². The van der Waals surface area contributed by atoms with Gasteiger partial charge < -0.3 is 19.1 Å². The summed E-state index contributed by atoms with van der Waals surface area (Å²) in [6.45, 7) is 2.38. The van der Waals surface area contributed by atoms with Crippen LogP contribution in [0.1, 0.15) is 5.82 Å². The second-order valence-corrected chi connectivity index (χ2v) is 5.85. The summed E-state index contributed by atoms with van der Waals surface area (Å²) in [5.74, 6) is 0.778. The highest BCUT2D eigenvalue weighted by molar-refractivity contribution is 5.90. The first-order valence-corrected chi connectivity index (χ1v) is 8.03. The molecular weight excluding hydrogens is 341 g/mol. The van der Waals surface area contributed by atoms with Crippen molar-refractivity contribution in [2.45, 2.75) is 13.0 Å². The van der Waals surface area contributed by atoms with Gasteiger partial charge in [0.25, 0.3) is 0 Å². The molecule has 1 atom stereocenters. The van der Waals surface area contributed by atoms with Gasteiger partial charge in [0.1, 0.15) is 24.5 Å². The first kappa shape index (κ1) is 16.1. The number of benzene rings is 1. The minimum Gasteiger partial charge on any atom is -0.447 e. The Balaban J connectivity index is 1.57. The Morgan fingerprint density at radius 3 is 2.96 bits per heavy atom. The van der Waals surface area contributed by atoms with Crippen molar-refractivity contribution in [2.75, 3.05) is 23.4 Å². The number of hydrogen-bond donors (Lipinski definition) is 1. The molecule has 1 aromatic carbocycles. The summed E-state index contributed by atoms with van der Waals surface area (Å²) in [7, 11) is 0. The lowest BCUT2D eigenvalue weighted by molar-refractivity contribution is 0.179. The normalized spacial score (nSPS) is 16.8. The summed E-state index contributed by atoms with van der Waals surface area (Å²) in [6.07, 6.45) is 4.22. The molecule has 9 heteroatoms. The predicted octanol–water partition coefficient (Wildman–Crippen LogP) is 2.75. The fraction of sp³-hybridized carbons (Fsp3) is 0.235. The van der Waals surface area contributed by atoms with Crippen LogP contribution >= 0.6 is 0 Å². The van der Waals surface area contributed by atoms with Crippen molar-refractivity contribution in [1.82, 2.24) is 14.7 Å². The van der Waals surface area contributed by atoms with Crippen molar-refractivity contribution in [1.29, 1.82) is 0 Å². The van der Waals surface area contributed by atoms with Crippen LogP contribution in [-0.2, 0) is 4.74 Å². The van der Waals surface area contributed by atoms with Crippen LogP contribution < -0.4 is 10.2 Å². The first-order valence-electron chi connectivity index (χ1n) is 8.03. The Hall–Kier alpha value is -3.36. The number of halogens is 1. The number of rotatable bonds is 5. The summed E-state index contributed by atoms with van der Waals surface area (Å²) in [4.78, 5) is 17.7. The van der Waals surface area contributed by atoms with Crippen molar-refractivity contribution in [3.05, 3.63) is 54.6 Å². The van der Waals surface area contributed by atoms with Crippen LogP contribution in [0.5, 0.6) is 0 Å². The summed E-state index contributed by atoms with van der Waals surface area (Å²) in [6, 6.07) is 6.01. The van der Waals surface area contributed by atoms with Gasteiger partial charge in [-0.3, -0.25) is 4.90 Å². The standard InChI is InChI=1S/C17H16FN5O3/c1-11-19-5-6-22(11)15-3-2-12(8-14(15)18)23-13(10-25-17(23)24)9-20-16-4-7-26-21-16/h2-8,13H,9-10H2,1H3,(H,20,21)/t13-/m0/s1. The van der Waals surface area contributed by atoms with Gasteiger partial charge in [-0.25, -0.2) is 14.2 Å². The number of nitrogens with one attached hydrogen (secondary N) is 1. The molecule has 1 saturated heterocycles. The Labute approximate surface area is 148 Å². The van der Waals surface area contributed by atoms with E-state index < -0.39 is 11.9 Å². The van der Waals surface area contributed by atoms with Gasteiger partial charge in [0.05, 0.1) is 17.4 Å². The first-order chi connectivity index (χ1) is 12.6. The molecular formula is C17H16FN5O3. The van der Waals surface area contributed by atoms with Crippen LogP contribution in [0, 0.1) is 12.7 Å². The molecule has 1 amide bonds. The maximum absolute atomic E-state index is 14.6. The molecule has 0 saturated carbocycles. The van der Waals surface area contributed by atoms with Crippen LogP contribution in [0.2, 0.25) is 0 Å². The van der Waals surface area contributed by atoms with E-state index in [2.05, 4.69) is 15.5 Å². The molecule has 0 radical (unpaired) electrons. The second kappa shape index (κ2) is 6.51. The van der Waals surface area contributed by atoms with Crippen molar-refractivity contribution in [2.24, 2.45) is 0 Å². The third kappa shape index (κ3) is 2.87. The summed E-state index contributed by atoms with van der Waals surface area (Å²) in [5, 5.41) is 6.82. The number of hydrogen-bond acceptors (Lipinski definition) is 6.